The van der Waals surface area contributed by atoms with Crippen LogP contribution in [-0.2, 0) is 4.79 Å². The molecule has 1 aromatic carbocycles. The minimum absolute atomic E-state index is 0.0728. The van der Waals surface area contributed by atoms with Crippen LogP contribution in [0.2, 0.25) is 5.02 Å². The molecule has 1 aromatic rings. The van der Waals surface area contributed by atoms with Crippen LogP contribution in [0.25, 0.3) is 0 Å². The average molecular weight is 366 g/mol. The van der Waals surface area contributed by atoms with Gasteiger partial charge in [-0.25, -0.2) is 0 Å². The topological polar surface area (TPSA) is 53.6 Å². The number of nitrogens with one attached hydrogen (secondary N) is 2. The fourth-order valence-corrected chi connectivity index (χ4v) is 4.08. The van der Waals surface area contributed by atoms with E-state index in [4.69, 9.17) is 16.3 Å². The molecule has 2 bridgehead atoms. The second-order valence-electron chi connectivity index (χ2n) is 7.52. The van der Waals surface area contributed by atoms with Gasteiger partial charge in [0.1, 0.15) is 12.4 Å². The van der Waals surface area contributed by atoms with Crippen molar-refractivity contribution >= 4 is 23.2 Å². The first-order valence-electron chi connectivity index (χ1n) is 9.12. The molecule has 2 aliphatic rings. The maximum absolute atomic E-state index is 12.3. The highest BCUT2D eigenvalue weighted by atomic mass is 35.5. The van der Waals surface area contributed by atoms with Gasteiger partial charge in [0.15, 0.2) is 0 Å². The molecule has 2 atom stereocenters. The zero-order valence-corrected chi connectivity index (χ0v) is 15.8. The molecule has 2 unspecified atom stereocenters. The Balaban J connectivity index is 1.48. The number of carbonyl (C=O) groups is 1. The van der Waals surface area contributed by atoms with Crippen molar-refractivity contribution in [3.05, 3.63) is 23.2 Å². The molecule has 0 saturated carbocycles. The van der Waals surface area contributed by atoms with Gasteiger partial charge < -0.3 is 20.3 Å². The van der Waals surface area contributed by atoms with Crippen molar-refractivity contribution in [3.8, 4) is 5.75 Å². The van der Waals surface area contributed by atoms with Crippen LogP contribution in [0.15, 0.2) is 18.2 Å². The summed E-state index contributed by atoms with van der Waals surface area (Å²) in [6, 6.07) is 6.66. The van der Waals surface area contributed by atoms with Gasteiger partial charge in [0, 0.05) is 30.7 Å². The molecule has 2 N–H and O–H groups in total. The summed E-state index contributed by atoms with van der Waals surface area (Å²) in [5, 5.41) is 7.11. The second kappa shape index (κ2) is 8.39. The summed E-state index contributed by atoms with van der Waals surface area (Å²) < 4.78 is 5.67. The Labute approximate surface area is 155 Å². The van der Waals surface area contributed by atoms with Gasteiger partial charge in [-0.2, -0.15) is 0 Å². The summed E-state index contributed by atoms with van der Waals surface area (Å²) >= 11 is 6.27. The highest BCUT2D eigenvalue weighted by Crippen LogP contribution is 2.33. The zero-order chi connectivity index (χ0) is 17.8. The minimum Gasteiger partial charge on any atom is -0.491 e. The number of likely N-dealkylation sites (N-methyl/N-ethyl adjacent to an activating group) is 1. The Morgan fingerprint density at radius 1 is 1.32 bits per heavy atom. The van der Waals surface area contributed by atoms with Gasteiger partial charge in [-0.3, -0.25) is 4.79 Å². The van der Waals surface area contributed by atoms with E-state index in [1.165, 1.54) is 12.8 Å². The fourth-order valence-electron chi connectivity index (χ4n) is 3.85. The lowest BCUT2D eigenvalue weighted by atomic mass is 9.89. The van der Waals surface area contributed by atoms with E-state index in [0.717, 1.165) is 25.1 Å². The Morgan fingerprint density at radius 3 is 2.68 bits per heavy atom. The van der Waals surface area contributed by atoms with Crippen LogP contribution >= 0.6 is 11.6 Å². The molecule has 1 amide bonds. The third-order valence-corrected chi connectivity index (χ3v) is 5.35. The fraction of sp³-hybridized carbons (Fsp3) is 0.632. The molecule has 0 spiro atoms. The molecule has 5 nitrogen and oxygen atoms in total. The number of fused-ring (bicyclic) bond motifs is 2. The SMILES string of the molecule is CN(C)CCOc1ccc(NC(=O)CC2CC3CCC(C2)N3)cc1Cl. The lowest BCUT2D eigenvalue weighted by Gasteiger charge is -2.28. The van der Waals surface area contributed by atoms with Crippen molar-refractivity contribution in [2.75, 3.05) is 32.6 Å². The van der Waals surface area contributed by atoms with Gasteiger partial charge in [-0.1, -0.05) is 11.6 Å². The minimum atomic E-state index is 0.0728. The number of anilines is 1. The number of ether oxygens (including phenoxy) is 1. The number of benzene rings is 1. The quantitative estimate of drug-likeness (QED) is 0.779. The summed E-state index contributed by atoms with van der Waals surface area (Å²) in [7, 11) is 3.99. The van der Waals surface area contributed by atoms with Gasteiger partial charge in [-0.05, 0) is 63.9 Å². The average Bonchev–Trinajstić information content (AvgIpc) is 2.88. The molecule has 2 heterocycles. The molecule has 2 aliphatic heterocycles. The number of hydrogen-bond acceptors (Lipinski definition) is 4. The first kappa shape index (κ1) is 18.5. The lowest BCUT2D eigenvalue weighted by molar-refractivity contribution is -0.117. The molecule has 3 rings (SSSR count). The molecule has 25 heavy (non-hydrogen) atoms. The van der Waals surface area contributed by atoms with E-state index >= 15 is 0 Å². The van der Waals surface area contributed by atoms with Crippen LogP contribution in [0.5, 0.6) is 5.75 Å². The third kappa shape index (κ3) is 5.33. The second-order valence-corrected chi connectivity index (χ2v) is 7.93. The van der Waals surface area contributed by atoms with E-state index in [-0.39, 0.29) is 5.91 Å². The van der Waals surface area contributed by atoms with Gasteiger partial charge in [-0.15, -0.1) is 0 Å². The molecular formula is C19H28ClN3O2. The first-order chi connectivity index (χ1) is 12.0. The Bertz CT molecular complexity index is 596. The van der Waals surface area contributed by atoms with Crippen LogP contribution in [-0.4, -0.2) is 50.1 Å². The number of nitrogens with zero attached hydrogens (tertiary/aromatic N) is 1. The first-order valence-corrected chi connectivity index (χ1v) is 9.50. The highest BCUT2D eigenvalue weighted by molar-refractivity contribution is 6.32. The lowest BCUT2D eigenvalue weighted by Crippen LogP contribution is -2.39. The summed E-state index contributed by atoms with van der Waals surface area (Å²) in [4.78, 5) is 14.4. The summed E-state index contributed by atoms with van der Waals surface area (Å²) in [5.41, 5.74) is 0.729. The van der Waals surface area contributed by atoms with Crippen LogP contribution < -0.4 is 15.4 Å². The van der Waals surface area contributed by atoms with Crippen molar-refractivity contribution < 1.29 is 9.53 Å². The van der Waals surface area contributed by atoms with Crippen molar-refractivity contribution in [1.29, 1.82) is 0 Å². The molecular weight excluding hydrogens is 338 g/mol. The van der Waals surface area contributed by atoms with Crippen LogP contribution in [0.3, 0.4) is 0 Å². The third-order valence-electron chi connectivity index (χ3n) is 5.06. The zero-order valence-electron chi connectivity index (χ0n) is 15.1. The Kier molecular flexibility index (Phi) is 6.20. The van der Waals surface area contributed by atoms with E-state index in [1.807, 2.05) is 26.2 Å². The maximum atomic E-state index is 12.3. The largest absolute Gasteiger partial charge is 0.491 e. The normalized spacial score (nSPS) is 25.2. The van der Waals surface area contributed by atoms with Crippen LogP contribution in [0, 0.1) is 5.92 Å². The predicted molar refractivity (Wildman–Crippen MR) is 101 cm³/mol. The van der Waals surface area contributed by atoms with Crippen molar-refractivity contribution in [2.45, 2.75) is 44.2 Å². The molecule has 138 valence electrons. The monoisotopic (exact) mass is 365 g/mol. The molecule has 6 heteroatoms. The van der Waals surface area contributed by atoms with Gasteiger partial charge in [0.25, 0.3) is 0 Å². The summed E-state index contributed by atoms with van der Waals surface area (Å²) in [6.07, 6.45) is 5.33. The van der Waals surface area contributed by atoms with Gasteiger partial charge in [0.05, 0.1) is 5.02 Å². The Morgan fingerprint density at radius 2 is 2.04 bits per heavy atom. The number of hydrogen-bond donors (Lipinski definition) is 2. The van der Waals surface area contributed by atoms with Gasteiger partial charge in [0.2, 0.25) is 5.91 Å². The van der Waals surface area contributed by atoms with Gasteiger partial charge >= 0.3 is 0 Å². The molecule has 2 fully saturated rings. The number of carbonyl (C=O) groups excluding carboxylic acids is 1. The van der Waals surface area contributed by atoms with E-state index < -0.39 is 0 Å². The summed E-state index contributed by atoms with van der Waals surface area (Å²) in [5.74, 6) is 1.21. The maximum Gasteiger partial charge on any atom is 0.224 e. The standard InChI is InChI=1S/C19H28ClN3O2/c1-23(2)7-8-25-18-6-5-16(12-17(18)20)22-19(24)11-13-9-14-3-4-15(10-13)21-14/h5-6,12-15,21H,3-4,7-11H2,1-2H3,(H,22,24). The van der Waals surface area contributed by atoms with Crippen molar-refractivity contribution in [2.24, 2.45) is 5.92 Å². The number of halogens is 1. The molecule has 0 radical (unpaired) electrons. The Hall–Kier alpha value is -1.30. The number of piperidine rings is 1. The van der Waals surface area contributed by atoms with Crippen LogP contribution in [0.1, 0.15) is 32.1 Å². The number of rotatable bonds is 7. The summed E-state index contributed by atoms with van der Waals surface area (Å²) in [6.45, 7) is 1.41. The van der Waals surface area contributed by atoms with E-state index in [9.17, 15) is 4.79 Å². The van der Waals surface area contributed by atoms with Crippen molar-refractivity contribution in [1.82, 2.24) is 10.2 Å². The molecule has 2 saturated heterocycles. The highest BCUT2D eigenvalue weighted by Gasteiger charge is 2.34. The smallest absolute Gasteiger partial charge is 0.224 e. The van der Waals surface area contributed by atoms with Crippen molar-refractivity contribution in [3.63, 3.8) is 0 Å². The predicted octanol–water partition coefficient (Wildman–Crippen LogP) is 3.14. The molecule has 0 aromatic heterocycles. The van der Waals surface area contributed by atoms with E-state index in [1.54, 1.807) is 6.07 Å². The van der Waals surface area contributed by atoms with Crippen LogP contribution in [0.4, 0.5) is 5.69 Å². The van der Waals surface area contributed by atoms with E-state index in [0.29, 0.717) is 41.8 Å². The molecule has 0 aliphatic carbocycles. The number of amides is 1. The van der Waals surface area contributed by atoms with E-state index in [2.05, 4.69) is 15.5 Å².